The van der Waals surface area contributed by atoms with E-state index in [4.69, 9.17) is 0 Å². The molecule has 28 heavy (non-hydrogen) atoms. The molecule has 4 rings (SSSR count). The Hall–Kier alpha value is -2.24. The van der Waals surface area contributed by atoms with Crippen LogP contribution >= 0.6 is 0 Å². The fraction of sp³-hybridized carbons (Fsp3) is 0.435. The molecule has 0 atom stereocenters. The molecular weight excluding hydrogens is 353 g/mol. The first-order valence-corrected chi connectivity index (χ1v) is 10.2. The first-order valence-electron chi connectivity index (χ1n) is 10.2. The Labute approximate surface area is 166 Å². The topological polar surface area (TPSA) is 26.8 Å². The maximum atomic E-state index is 13.1. The lowest BCUT2D eigenvalue weighted by Crippen LogP contribution is -2.54. The van der Waals surface area contributed by atoms with Crippen LogP contribution in [0.1, 0.15) is 28.8 Å². The van der Waals surface area contributed by atoms with Crippen LogP contribution in [0, 0.1) is 5.82 Å². The van der Waals surface area contributed by atoms with Crippen molar-refractivity contribution < 1.29 is 9.18 Å². The molecule has 2 saturated heterocycles. The number of piperidine rings is 1. The van der Waals surface area contributed by atoms with Crippen LogP contribution < -0.4 is 0 Å². The first-order chi connectivity index (χ1) is 13.7. The second kappa shape index (κ2) is 8.84. The molecule has 2 fully saturated rings. The lowest BCUT2D eigenvalue weighted by molar-refractivity contribution is 0.0445. The summed E-state index contributed by atoms with van der Waals surface area (Å²) in [5.41, 5.74) is 1.96. The zero-order valence-corrected chi connectivity index (χ0v) is 16.3. The van der Waals surface area contributed by atoms with Crippen LogP contribution in [0.25, 0.3) is 0 Å². The van der Waals surface area contributed by atoms with Gasteiger partial charge in [0.25, 0.3) is 5.91 Å². The zero-order chi connectivity index (χ0) is 19.3. The summed E-state index contributed by atoms with van der Waals surface area (Å²) < 4.78 is 13.1. The van der Waals surface area contributed by atoms with Crippen LogP contribution in [0.15, 0.2) is 54.6 Å². The highest BCUT2D eigenvalue weighted by atomic mass is 19.1. The van der Waals surface area contributed by atoms with Gasteiger partial charge in [-0.15, -0.1) is 0 Å². The van der Waals surface area contributed by atoms with Gasteiger partial charge in [-0.3, -0.25) is 14.6 Å². The summed E-state index contributed by atoms with van der Waals surface area (Å²) in [6.07, 6.45) is 2.39. The maximum absolute atomic E-state index is 13.1. The summed E-state index contributed by atoms with van der Waals surface area (Å²) in [4.78, 5) is 19.6. The molecule has 2 aromatic carbocycles. The molecule has 0 saturated carbocycles. The highest BCUT2D eigenvalue weighted by molar-refractivity contribution is 5.94. The number of benzene rings is 2. The van der Waals surface area contributed by atoms with Crippen molar-refractivity contribution in [2.75, 3.05) is 39.3 Å². The van der Waals surface area contributed by atoms with Crippen molar-refractivity contribution >= 4 is 5.91 Å². The van der Waals surface area contributed by atoms with E-state index in [1.165, 1.54) is 30.5 Å². The second-order valence-electron chi connectivity index (χ2n) is 7.83. The number of carbonyl (C=O) groups excluding carboxylic acids is 1. The van der Waals surface area contributed by atoms with E-state index in [9.17, 15) is 9.18 Å². The number of hydrogen-bond donors (Lipinski definition) is 0. The minimum atomic E-state index is -0.306. The van der Waals surface area contributed by atoms with Gasteiger partial charge in [0.05, 0.1) is 0 Å². The zero-order valence-electron chi connectivity index (χ0n) is 16.3. The monoisotopic (exact) mass is 381 g/mol. The highest BCUT2D eigenvalue weighted by Crippen LogP contribution is 2.20. The Balaban J connectivity index is 1.23. The number of rotatable bonds is 4. The van der Waals surface area contributed by atoms with E-state index in [0.29, 0.717) is 11.6 Å². The lowest BCUT2D eigenvalue weighted by atomic mass is 10.0. The summed E-state index contributed by atoms with van der Waals surface area (Å²) in [7, 11) is 0. The van der Waals surface area contributed by atoms with Gasteiger partial charge in [-0.2, -0.15) is 0 Å². The van der Waals surface area contributed by atoms with Gasteiger partial charge in [0.15, 0.2) is 0 Å². The molecule has 0 bridgehead atoms. The SMILES string of the molecule is O=C(c1ccc(F)cc1)N1CCN(C2CCN(Cc3ccccc3)CC2)CC1. The van der Waals surface area contributed by atoms with Gasteiger partial charge in [0, 0.05) is 44.3 Å². The van der Waals surface area contributed by atoms with E-state index in [0.717, 1.165) is 45.8 Å². The largest absolute Gasteiger partial charge is 0.336 e. The third kappa shape index (κ3) is 4.59. The molecule has 0 spiro atoms. The van der Waals surface area contributed by atoms with Crippen molar-refractivity contribution in [2.45, 2.75) is 25.4 Å². The molecule has 148 valence electrons. The van der Waals surface area contributed by atoms with Gasteiger partial charge in [-0.1, -0.05) is 30.3 Å². The third-order valence-electron chi connectivity index (χ3n) is 6.02. The van der Waals surface area contributed by atoms with Crippen molar-refractivity contribution in [3.63, 3.8) is 0 Å². The molecule has 0 aromatic heterocycles. The summed E-state index contributed by atoms with van der Waals surface area (Å²) in [6.45, 7) is 6.66. The lowest BCUT2D eigenvalue weighted by Gasteiger charge is -2.42. The average Bonchev–Trinajstić information content (AvgIpc) is 2.75. The van der Waals surface area contributed by atoms with E-state index in [2.05, 4.69) is 40.1 Å². The molecule has 2 aliphatic heterocycles. The molecule has 2 heterocycles. The third-order valence-corrected chi connectivity index (χ3v) is 6.02. The van der Waals surface area contributed by atoms with Crippen LogP contribution in [0.5, 0.6) is 0 Å². The van der Waals surface area contributed by atoms with Gasteiger partial charge in [-0.05, 0) is 55.8 Å². The number of nitrogens with zero attached hydrogens (tertiary/aromatic N) is 3. The Morgan fingerprint density at radius 2 is 1.50 bits per heavy atom. The number of halogens is 1. The van der Waals surface area contributed by atoms with Crippen molar-refractivity contribution in [1.82, 2.24) is 14.7 Å². The van der Waals surface area contributed by atoms with Gasteiger partial charge in [0.1, 0.15) is 5.82 Å². The molecular formula is C23H28FN3O. The predicted molar refractivity (Wildman–Crippen MR) is 109 cm³/mol. The second-order valence-corrected chi connectivity index (χ2v) is 7.83. The molecule has 4 nitrogen and oxygen atoms in total. The van der Waals surface area contributed by atoms with Crippen molar-refractivity contribution in [3.8, 4) is 0 Å². The molecule has 0 radical (unpaired) electrons. The number of amides is 1. The normalized spacial score (nSPS) is 19.7. The van der Waals surface area contributed by atoms with E-state index < -0.39 is 0 Å². The van der Waals surface area contributed by atoms with Gasteiger partial charge in [-0.25, -0.2) is 4.39 Å². The number of carbonyl (C=O) groups is 1. The quantitative estimate of drug-likeness (QED) is 0.814. The Morgan fingerprint density at radius 3 is 2.14 bits per heavy atom. The Bertz CT molecular complexity index is 764. The predicted octanol–water partition coefficient (Wildman–Crippen LogP) is 3.25. The summed E-state index contributed by atoms with van der Waals surface area (Å²) in [5, 5.41) is 0. The summed E-state index contributed by atoms with van der Waals surface area (Å²) in [6, 6.07) is 17.2. The maximum Gasteiger partial charge on any atom is 0.253 e. The van der Waals surface area contributed by atoms with Crippen LogP contribution in [0.4, 0.5) is 4.39 Å². The molecule has 5 heteroatoms. The van der Waals surface area contributed by atoms with E-state index in [1.807, 2.05) is 4.90 Å². The molecule has 0 aliphatic carbocycles. The van der Waals surface area contributed by atoms with Crippen LogP contribution in [-0.2, 0) is 6.54 Å². The van der Waals surface area contributed by atoms with E-state index >= 15 is 0 Å². The number of hydrogen-bond acceptors (Lipinski definition) is 3. The van der Waals surface area contributed by atoms with Gasteiger partial charge < -0.3 is 4.90 Å². The number of piperazine rings is 1. The van der Waals surface area contributed by atoms with E-state index in [-0.39, 0.29) is 11.7 Å². The molecule has 1 amide bonds. The molecule has 2 aromatic rings. The molecule has 0 unspecified atom stereocenters. The molecule has 2 aliphatic rings. The van der Waals surface area contributed by atoms with Crippen LogP contribution in [0.2, 0.25) is 0 Å². The van der Waals surface area contributed by atoms with E-state index in [1.54, 1.807) is 12.1 Å². The first kappa shape index (κ1) is 19.1. The highest BCUT2D eigenvalue weighted by Gasteiger charge is 2.29. The van der Waals surface area contributed by atoms with Crippen molar-refractivity contribution in [3.05, 3.63) is 71.5 Å². The fourth-order valence-electron chi connectivity index (χ4n) is 4.35. The van der Waals surface area contributed by atoms with Gasteiger partial charge >= 0.3 is 0 Å². The Kier molecular flexibility index (Phi) is 6.03. The average molecular weight is 381 g/mol. The van der Waals surface area contributed by atoms with Crippen LogP contribution in [0.3, 0.4) is 0 Å². The molecule has 0 N–H and O–H groups in total. The summed E-state index contributed by atoms with van der Waals surface area (Å²) in [5.74, 6) is -0.294. The number of likely N-dealkylation sites (tertiary alicyclic amines) is 1. The smallest absolute Gasteiger partial charge is 0.253 e. The van der Waals surface area contributed by atoms with Crippen molar-refractivity contribution in [1.29, 1.82) is 0 Å². The standard InChI is InChI=1S/C23H28FN3O/c24-21-8-6-20(7-9-21)23(28)27-16-14-26(15-17-27)22-10-12-25(13-11-22)18-19-4-2-1-3-5-19/h1-9,22H,10-18H2. The summed E-state index contributed by atoms with van der Waals surface area (Å²) >= 11 is 0. The Morgan fingerprint density at radius 1 is 0.857 bits per heavy atom. The minimum absolute atomic E-state index is 0.0114. The van der Waals surface area contributed by atoms with Gasteiger partial charge in [0.2, 0.25) is 0 Å². The van der Waals surface area contributed by atoms with Crippen molar-refractivity contribution in [2.24, 2.45) is 0 Å². The minimum Gasteiger partial charge on any atom is -0.336 e. The fourth-order valence-corrected chi connectivity index (χ4v) is 4.35. The van der Waals surface area contributed by atoms with Crippen LogP contribution in [-0.4, -0.2) is 65.9 Å².